The lowest BCUT2D eigenvalue weighted by Crippen LogP contribution is -3.00. The van der Waals surface area contributed by atoms with Gasteiger partial charge in [-0.05, 0) is 92.7 Å². The molecule has 0 aromatic carbocycles. The Kier molecular flexibility index (Phi) is 11.0. The lowest BCUT2D eigenvalue weighted by atomic mass is 9.98. The number of fused-ring (bicyclic) bond motifs is 8. The van der Waals surface area contributed by atoms with E-state index in [4.69, 9.17) is 9.54 Å². The van der Waals surface area contributed by atoms with Gasteiger partial charge in [-0.3, -0.25) is 9.59 Å². The van der Waals surface area contributed by atoms with Gasteiger partial charge in [-0.15, -0.1) is 8.42 Å². The van der Waals surface area contributed by atoms with E-state index in [-0.39, 0.29) is 94.3 Å². The molecule has 5 heterocycles. The van der Waals surface area contributed by atoms with Crippen LogP contribution in [-0.4, -0.2) is 68.0 Å². The second kappa shape index (κ2) is 13.8. The van der Waals surface area contributed by atoms with Crippen LogP contribution in [0, 0.1) is 13.8 Å². The summed E-state index contributed by atoms with van der Waals surface area (Å²) in [4.78, 5) is 37.3. The highest BCUT2D eigenvalue weighted by atomic mass is 35.5. The fourth-order valence-corrected chi connectivity index (χ4v) is 7.59. The molecule has 0 unspecified atom stereocenters. The van der Waals surface area contributed by atoms with E-state index in [9.17, 15) is 41.2 Å². The van der Waals surface area contributed by atoms with Crippen molar-refractivity contribution in [2.45, 2.75) is 63.2 Å². The zero-order valence-corrected chi connectivity index (χ0v) is 29.0. The molecular formula is C30H30Cl2N4O10S2-2. The van der Waals surface area contributed by atoms with Crippen molar-refractivity contribution in [3.05, 3.63) is 58.2 Å². The first-order chi connectivity index (χ1) is 21.4. The minimum absolute atomic E-state index is 0. The molecule has 0 atom stereocenters. The predicted octanol–water partition coefficient (Wildman–Crippen LogP) is -2.15. The number of carboxylic acids is 2. The molecule has 0 fully saturated rings. The zero-order chi connectivity index (χ0) is 33.9. The molecular weight excluding hydrogens is 711 g/mol. The van der Waals surface area contributed by atoms with Gasteiger partial charge in [0.25, 0.3) is 0 Å². The molecule has 0 aliphatic carbocycles. The van der Waals surface area contributed by atoms with Crippen LogP contribution in [0.5, 0.6) is 0 Å². The summed E-state index contributed by atoms with van der Waals surface area (Å²) in [5.41, 5.74) is 4.02. The molecule has 18 heteroatoms. The molecule has 0 saturated carbocycles. The Morgan fingerprint density at radius 1 is 0.688 bits per heavy atom. The quantitative estimate of drug-likeness (QED) is 0.143. The van der Waals surface area contributed by atoms with Gasteiger partial charge in [-0.1, -0.05) is 0 Å². The van der Waals surface area contributed by atoms with Gasteiger partial charge >= 0.3 is 22.1 Å². The molecule has 2 aliphatic heterocycles. The molecule has 0 saturated heterocycles. The van der Waals surface area contributed by atoms with E-state index < -0.39 is 37.1 Å². The lowest BCUT2D eigenvalue weighted by Gasteiger charge is -2.06. The first-order valence-electron chi connectivity index (χ1n) is 13.9. The fraction of sp³-hybridized carbons (Fsp3) is 0.267. The number of hydrogen-bond acceptors (Lipinski definition) is 9. The Morgan fingerprint density at radius 3 is 1.50 bits per heavy atom. The molecule has 0 amide bonds. The molecule has 3 aromatic heterocycles. The molecule has 3 aromatic rings. The Hall–Kier alpha value is -4.06. The number of aryl methyl sites for hydroxylation is 2. The van der Waals surface area contributed by atoms with Gasteiger partial charge in [0.15, 0.2) is 4.90 Å². The molecule has 14 nitrogen and oxygen atoms in total. The number of carboxylic acid groups (broad SMARTS) is 2. The number of halogens is 2. The Balaban J connectivity index is 0.00000312. The first-order valence-corrected chi connectivity index (χ1v) is 16.8. The maximum Gasteiger partial charge on any atom is 0.411 e. The van der Waals surface area contributed by atoms with Crippen LogP contribution in [0.15, 0.2) is 34.1 Å². The molecule has 6 N–H and O–H groups in total. The zero-order valence-electron chi connectivity index (χ0n) is 25.9. The number of nitrogens with one attached hydrogen (secondary N) is 2. The van der Waals surface area contributed by atoms with Crippen LogP contribution in [0.1, 0.15) is 73.4 Å². The second-order valence-electron chi connectivity index (χ2n) is 11.1. The summed E-state index contributed by atoms with van der Waals surface area (Å²) in [7, 11) is -9.63. The van der Waals surface area contributed by atoms with Crippen molar-refractivity contribution in [3.63, 3.8) is 0 Å². The van der Waals surface area contributed by atoms with Crippen LogP contribution in [0.25, 0.3) is 44.4 Å². The van der Waals surface area contributed by atoms with Crippen molar-refractivity contribution in [1.82, 2.24) is 19.9 Å². The van der Waals surface area contributed by atoms with Gasteiger partial charge < -0.3 is 54.1 Å². The summed E-state index contributed by atoms with van der Waals surface area (Å²) in [6.07, 6.45) is -0.280. The molecule has 5 rings (SSSR count). The number of H-pyrrole nitrogens is 2. The monoisotopic (exact) mass is 740 g/mol. The van der Waals surface area contributed by atoms with Gasteiger partial charge in [0.1, 0.15) is 10.1 Å². The number of rotatable bonds is 8. The van der Waals surface area contributed by atoms with Crippen LogP contribution in [0.4, 0.5) is 0 Å². The maximum absolute atomic E-state index is 12.6. The van der Waals surface area contributed by atoms with Gasteiger partial charge in [0, 0.05) is 29.4 Å². The number of aromatic amines is 2. The van der Waals surface area contributed by atoms with Crippen LogP contribution in [0.3, 0.4) is 0 Å². The van der Waals surface area contributed by atoms with Crippen molar-refractivity contribution in [3.8, 4) is 0 Å². The molecule has 258 valence electrons. The third-order valence-corrected chi connectivity index (χ3v) is 10.2. The number of carbonyl (C=O) groups is 2. The standard InChI is InChI=1S/C30H30N4O10S2.2ClH/c1-13-17(5-7-27(35)36)23-12-24-18(6-8-28(37)38)14(2)20(32-24)10-25-30(46(42,43)44)16(4)22(34-25)11-26-29(45(39,40)41)15(3)21(33-26)9-19(13)31-23;;/h9-12,33-34H,5-8H2,1-4H3,(H,35,36)(H,37,38)(H,39,40,41)(H,42,43,44);2*1H/p-2. The first kappa shape index (κ1) is 38.4. The number of hydrogen-bond donors (Lipinski definition) is 4. The van der Waals surface area contributed by atoms with E-state index in [1.54, 1.807) is 26.0 Å². The van der Waals surface area contributed by atoms with E-state index in [1.165, 1.54) is 26.0 Å². The minimum atomic E-state index is -5.07. The Morgan fingerprint density at radius 2 is 1.08 bits per heavy atom. The molecule has 48 heavy (non-hydrogen) atoms. The van der Waals surface area contributed by atoms with Crippen LogP contribution in [0.2, 0.25) is 0 Å². The van der Waals surface area contributed by atoms with E-state index in [1.807, 2.05) is 0 Å². The topological polar surface area (TPSA) is 246 Å². The number of aliphatic carboxylic acids is 2. The highest BCUT2D eigenvalue weighted by Gasteiger charge is 2.26. The SMILES string of the molecule is CC1=C(CCC(=O)O)c2cc3nc(cc4[nH]c(cc5[nH]c(cc1n2)c(C)c5S(=O)(=O)[OH2+])c(C)c4S(=O)(=O)[O-])C(C)=C3CCC(=O)O.[Cl-].[Cl-]. The average Bonchev–Trinajstić information content (AvgIpc) is 3.59. The molecule has 8 bridgehead atoms. The van der Waals surface area contributed by atoms with Crippen molar-refractivity contribution in [1.29, 1.82) is 0 Å². The third kappa shape index (κ3) is 7.33. The summed E-state index contributed by atoms with van der Waals surface area (Å²) >= 11 is 0. The Bertz CT molecular complexity index is 2320. The number of allylic oxidation sites excluding steroid dienone is 4. The fourth-order valence-electron chi connectivity index (χ4n) is 5.82. The summed E-state index contributed by atoms with van der Waals surface area (Å²) in [5.74, 6) is -2.08. The van der Waals surface area contributed by atoms with Gasteiger partial charge in [0.2, 0.25) is 0 Å². The maximum atomic E-state index is 12.6. The molecule has 2 aliphatic rings. The van der Waals surface area contributed by atoms with Crippen molar-refractivity contribution >= 4 is 76.5 Å². The third-order valence-electron chi connectivity index (χ3n) is 8.11. The highest BCUT2D eigenvalue weighted by molar-refractivity contribution is 7.86. The van der Waals surface area contributed by atoms with E-state index in [0.29, 0.717) is 39.4 Å². The predicted molar refractivity (Wildman–Crippen MR) is 168 cm³/mol. The summed E-state index contributed by atoms with van der Waals surface area (Å²) < 4.78 is 70.5. The highest BCUT2D eigenvalue weighted by Crippen LogP contribution is 2.38. The van der Waals surface area contributed by atoms with Crippen molar-refractivity contribution in [2.75, 3.05) is 0 Å². The largest absolute Gasteiger partial charge is 1.00 e. The summed E-state index contributed by atoms with van der Waals surface area (Å²) in [6.45, 7) is 6.30. The molecule has 0 spiro atoms. The molecule has 0 radical (unpaired) electrons. The normalized spacial score (nSPS) is 13.3. The average molecular weight is 742 g/mol. The second-order valence-corrected chi connectivity index (χ2v) is 13.8. The van der Waals surface area contributed by atoms with E-state index >= 15 is 0 Å². The van der Waals surface area contributed by atoms with Crippen LogP contribution < -0.4 is 24.8 Å². The number of aromatic nitrogens is 4. The minimum Gasteiger partial charge on any atom is -1.00 e. The number of nitrogens with zero attached hydrogens (tertiary/aromatic N) is 2. The Labute approximate surface area is 287 Å². The van der Waals surface area contributed by atoms with E-state index in [0.717, 1.165) is 0 Å². The smallest absolute Gasteiger partial charge is 0.411 e. The van der Waals surface area contributed by atoms with Gasteiger partial charge in [-0.2, -0.15) is 0 Å². The van der Waals surface area contributed by atoms with Crippen molar-refractivity contribution < 1.29 is 70.6 Å². The van der Waals surface area contributed by atoms with Gasteiger partial charge in [0.05, 0.1) is 38.7 Å². The van der Waals surface area contributed by atoms with Crippen molar-refractivity contribution in [2.24, 2.45) is 0 Å². The van der Waals surface area contributed by atoms with E-state index in [2.05, 4.69) is 15.0 Å². The van der Waals surface area contributed by atoms with Crippen LogP contribution in [-0.2, 0) is 29.8 Å². The van der Waals surface area contributed by atoms with Crippen LogP contribution >= 0.6 is 0 Å². The summed E-state index contributed by atoms with van der Waals surface area (Å²) in [5, 5.41) is 18.8. The van der Waals surface area contributed by atoms with Gasteiger partial charge in [-0.25, -0.2) is 18.4 Å². The summed E-state index contributed by atoms with van der Waals surface area (Å²) in [6, 6.07) is 5.82. The lowest BCUT2D eigenvalue weighted by molar-refractivity contribution is -0.137.